The molecule has 4 heteroatoms. The number of terminal acetylenes is 1. The van der Waals surface area contributed by atoms with Gasteiger partial charge >= 0.3 is 0 Å². The molecule has 0 amide bonds. The molecule has 1 atom stereocenters. The van der Waals surface area contributed by atoms with Crippen molar-refractivity contribution in [2.45, 2.75) is 46.1 Å². The molecule has 0 saturated heterocycles. The number of halogens is 1. The van der Waals surface area contributed by atoms with Crippen molar-refractivity contribution in [3.63, 3.8) is 0 Å². The summed E-state index contributed by atoms with van der Waals surface area (Å²) in [5.74, 6) is 4.19. The molecular weight excluding hydrogens is 234 g/mol. The maximum absolute atomic E-state index is 6.08. The molecule has 3 nitrogen and oxygen atoms in total. The first-order valence-electron chi connectivity index (χ1n) is 5.88. The Kier molecular flexibility index (Phi) is 5.24. The maximum Gasteiger partial charge on any atom is 0.137 e. The molecule has 0 aromatic carbocycles. The monoisotopic (exact) mass is 251 g/mol. The molecule has 0 aliphatic heterocycles. The molecule has 0 aliphatic rings. The molecule has 0 saturated carbocycles. The average molecular weight is 252 g/mol. The van der Waals surface area contributed by atoms with Gasteiger partial charge in [-0.1, -0.05) is 31.4 Å². The normalized spacial score (nSPS) is 11.9. The van der Waals surface area contributed by atoms with Crippen molar-refractivity contribution in [2.24, 2.45) is 0 Å². The first kappa shape index (κ1) is 13.8. The summed E-state index contributed by atoms with van der Waals surface area (Å²) in [7, 11) is 0. The van der Waals surface area contributed by atoms with E-state index in [0.717, 1.165) is 36.5 Å². The highest BCUT2D eigenvalue weighted by Gasteiger charge is 2.11. The maximum atomic E-state index is 6.08. The first-order valence-corrected chi connectivity index (χ1v) is 6.25. The molecule has 1 rings (SSSR count). The minimum atomic E-state index is -0.0193. The molecule has 92 valence electrons. The number of rotatable bonds is 5. The SMILES string of the molecule is C#CC(CC)Nc1nc(CCC)nc(Cl)c1C. The van der Waals surface area contributed by atoms with E-state index in [1.165, 1.54) is 0 Å². The van der Waals surface area contributed by atoms with Gasteiger partial charge in [-0.2, -0.15) is 0 Å². The average Bonchev–Trinajstić information content (AvgIpc) is 2.32. The fourth-order valence-electron chi connectivity index (χ4n) is 1.44. The van der Waals surface area contributed by atoms with Crippen molar-refractivity contribution < 1.29 is 0 Å². The van der Waals surface area contributed by atoms with Crippen molar-refractivity contribution in [1.82, 2.24) is 9.97 Å². The highest BCUT2D eigenvalue weighted by atomic mass is 35.5. The number of nitrogens with zero attached hydrogens (tertiary/aromatic N) is 2. The second kappa shape index (κ2) is 6.46. The molecule has 0 fully saturated rings. The lowest BCUT2D eigenvalue weighted by Crippen LogP contribution is -2.18. The van der Waals surface area contributed by atoms with E-state index in [1.807, 2.05) is 13.8 Å². The van der Waals surface area contributed by atoms with Crippen LogP contribution in [0.3, 0.4) is 0 Å². The van der Waals surface area contributed by atoms with Gasteiger partial charge in [0.15, 0.2) is 0 Å². The summed E-state index contributed by atoms with van der Waals surface area (Å²) < 4.78 is 0. The lowest BCUT2D eigenvalue weighted by atomic mass is 10.2. The number of aryl methyl sites for hydroxylation is 1. The summed E-state index contributed by atoms with van der Waals surface area (Å²) in [6, 6.07) is -0.0193. The van der Waals surface area contributed by atoms with Gasteiger partial charge in [0, 0.05) is 12.0 Å². The summed E-state index contributed by atoms with van der Waals surface area (Å²) >= 11 is 6.08. The van der Waals surface area contributed by atoms with Crippen molar-refractivity contribution in [3.8, 4) is 12.3 Å². The van der Waals surface area contributed by atoms with Gasteiger partial charge in [-0.05, 0) is 19.8 Å². The summed E-state index contributed by atoms with van der Waals surface area (Å²) in [6.45, 7) is 6.01. The van der Waals surface area contributed by atoms with E-state index in [0.29, 0.717) is 5.15 Å². The number of hydrogen-bond donors (Lipinski definition) is 1. The number of anilines is 1. The summed E-state index contributed by atoms with van der Waals surface area (Å²) in [4.78, 5) is 8.70. The van der Waals surface area contributed by atoms with Crippen molar-refractivity contribution >= 4 is 17.4 Å². The van der Waals surface area contributed by atoms with Crippen molar-refractivity contribution in [3.05, 3.63) is 16.5 Å². The predicted octanol–water partition coefficient (Wildman–Crippen LogP) is 3.21. The van der Waals surface area contributed by atoms with Crippen LogP contribution in [0.2, 0.25) is 5.15 Å². The molecule has 1 aromatic rings. The zero-order valence-corrected chi connectivity index (χ0v) is 11.3. The fourth-order valence-corrected chi connectivity index (χ4v) is 1.62. The van der Waals surface area contributed by atoms with Gasteiger partial charge in [0.05, 0.1) is 6.04 Å². The van der Waals surface area contributed by atoms with E-state index < -0.39 is 0 Å². The quantitative estimate of drug-likeness (QED) is 0.645. The molecule has 0 spiro atoms. The smallest absolute Gasteiger partial charge is 0.137 e. The van der Waals surface area contributed by atoms with Crippen LogP contribution in [-0.4, -0.2) is 16.0 Å². The molecular formula is C13H18ClN3. The zero-order chi connectivity index (χ0) is 12.8. The number of aromatic nitrogens is 2. The van der Waals surface area contributed by atoms with Crippen LogP contribution in [0.5, 0.6) is 0 Å². The van der Waals surface area contributed by atoms with E-state index in [-0.39, 0.29) is 6.04 Å². The predicted molar refractivity (Wildman–Crippen MR) is 72.3 cm³/mol. The fraction of sp³-hybridized carbons (Fsp3) is 0.538. The first-order chi connectivity index (χ1) is 8.12. The number of nitrogens with one attached hydrogen (secondary N) is 1. The van der Waals surface area contributed by atoms with Gasteiger partial charge in [0.2, 0.25) is 0 Å². The van der Waals surface area contributed by atoms with Gasteiger partial charge in [-0.15, -0.1) is 6.42 Å². The molecule has 1 unspecified atom stereocenters. The third-order valence-corrected chi connectivity index (χ3v) is 2.89. The van der Waals surface area contributed by atoms with Crippen LogP contribution >= 0.6 is 11.6 Å². The zero-order valence-electron chi connectivity index (χ0n) is 10.5. The molecule has 0 bridgehead atoms. The Labute approximate surface area is 108 Å². The Morgan fingerprint density at radius 2 is 2.12 bits per heavy atom. The lowest BCUT2D eigenvalue weighted by Gasteiger charge is -2.15. The molecule has 1 heterocycles. The van der Waals surface area contributed by atoms with Crippen molar-refractivity contribution in [1.29, 1.82) is 0 Å². The van der Waals surface area contributed by atoms with Crippen molar-refractivity contribution in [2.75, 3.05) is 5.32 Å². The van der Waals surface area contributed by atoms with E-state index >= 15 is 0 Å². The molecule has 1 aromatic heterocycles. The van der Waals surface area contributed by atoms with E-state index in [4.69, 9.17) is 18.0 Å². The lowest BCUT2D eigenvalue weighted by molar-refractivity contribution is 0.811. The summed E-state index contributed by atoms with van der Waals surface area (Å²) in [6.07, 6.45) is 8.09. The highest BCUT2D eigenvalue weighted by molar-refractivity contribution is 6.30. The Balaban J connectivity index is 3.01. The second-order valence-corrected chi connectivity index (χ2v) is 4.28. The van der Waals surface area contributed by atoms with Crippen LogP contribution in [0.4, 0.5) is 5.82 Å². The minimum absolute atomic E-state index is 0.0193. The van der Waals surface area contributed by atoms with Crippen LogP contribution in [0, 0.1) is 19.3 Å². The van der Waals surface area contributed by atoms with Crippen LogP contribution < -0.4 is 5.32 Å². The number of hydrogen-bond acceptors (Lipinski definition) is 3. The second-order valence-electron chi connectivity index (χ2n) is 3.93. The minimum Gasteiger partial charge on any atom is -0.356 e. The van der Waals surface area contributed by atoms with Crippen LogP contribution in [0.15, 0.2) is 0 Å². The molecule has 17 heavy (non-hydrogen) atoms. The highest BCUT2D eigenvalue weighted by Crippen LogP contribution is 2.21. The van der Waals surface area contributed by atoms with Crippen LogP contribution in [0.25, 0.3) is 0 Å². The Bertz CT molecular complexity index is 423. The Morgan fingerprint density at radius 3 is 2.65 bits per heavy atom. The molecule has 1 N–H and O–H groups in total. The summed E-state index contributed by atoms with van der Waals surface area (Å²) in [5.41, 5.74) is 0.847. The standard InChI is InChI=1S/C13H18ClN3/c1-5-8-11-16-12(14)9(4)13(17-11)15-10(6-2)7-3/h2,10H,5,7-8H2,1,3-4H3,(H,15,16,17). The third-order valence-electron chi connectivity index (χ3n) is 2.53. The van der Waals surface area contributed by atoms with E-state index in [1.54, 1.807) is 0 Å². The van der Waals surface area contributed by atoms with Gasteiger partial charge in [-0.25, -0.2) is 9.97 Å². The molecule has 0 radical (unpaired) electrons. The Hall–Kier alpha value is -1.27. The van der Waals surface area contributed by atoms with Gasteiger partial charge in [0.1, 0.15) is 16.8 Å². The Morgan fingerprint density at radius 1 is 1.41 bits per heavy atom. The topological polar surface area (TPSA) is 37.8 Å². The van der Waals surface area contributed by atoms with Crippen LogP contribution in [0.1, 0.15) is 38.1 Å². The third kappa shape index (κ3) is 3.61. The summed E-state index contributed by atoms with van der Waals surface area (Å²) in [5, 5.41) is 3.71. The largest absolute Gasteiger partial charge is 0.356 e. The van der Waals surface area contributed by atoms with Gasteiger partial charge < -0.3 is 5.32 Å². The van der Waals surface area contributed by atoms with E-state index in [2.05, 4.69) is 28.1 Å². The van der Waals surface area contributed by atoms with Crippen LogP contribution in [-0.2, 0) is 6.42 Å². The van der Waals surface area contributed by atoms with Gasteiger partial charge in [-0.3, -0.25) is 0 Å². The van der Waals surface area contributed by atoms with E-state index in [9.17, 15) is 0 Å². The molecule has 0 aliphatic carbocycles. The van der Waals surface area contributed by atoms with Gasteiger partial charge in [0.25, 0.3) is 0 Å².